The lowest BCUT2D eigenvalue weighted by atomic mass is 10.1. The Balaban J connectivity index is 2.21. The molecule has 0 fully saturated rings. The van der Waals surface area contributed by atoms with Crippen molar-refractivity contribution in [1.29, 1.82) is 0 Å². The van der Waals surface area contributed by atoms with Gasteiger partial charge in [-0.05, 0) is 23.8 Å². The zero-order chi connectivity index (χ0) is 13.9. The van der Waals surface area contributed by atoms with Crippen LogP contribution in [0.1, 0.15) is 31.9 Å². The van der Waals surface area contributed by atoms with Gasteiger partial charge in [-0.1, -0.05) is 32.0 Å². The molecule has 0 aliphatic carbocycles. The first kappa shape index (κ1) is 14.8. The van der Waals surface area contributed by atoms with Gasteiger partial charge in [-0.2, -0.15) is 17.4 Å². The van der Waals surface area contributed by atoms with E-state index in [1.165, 1.54) is 9.20 Å². The number of hydrogen-bond donors (Lipinski definition) is 1. The predicted molar refractivity (Wildman–Crippen MR) is 79.5 cm³/mol. The van der Waals surface area contributed by atoms with Crippen LogP contribution in [0.2, 0.25) is 0 Å². The van der Waals surface area contributed by atoms with Crippen LogP contribution in [-0.4, -0.2) is 31.6 Å². The molecule has 1 atom stereocenters. The molecule has 19 heavy (non-hydrogen) atoms. The minimum Gasteiger partial charge on any atom is -0.195 e. The molecule has 0 aromatic heterocycles. The number of thioether (sulfide) groups is 1. The molecular weight excluding hydrogens is 280 g/mol. The molecule has 4 nitrogen and oxygen atoms in total. The number of fused-ring (bicyclic) bond motifs is 1. The van der Waals surface area contributed by atoms with Crippen molar-refractivity contribution in [3.63, 3.8) is 0 Å². The minimum absolute atomic E-state index is 0.108. The summed E-state index contributed by atoms with van der Waals surface area (Å²) in [5.74, 6) is 0.947. The first-order chi connectivity index (χ1) is 9.08. The maximum Gasteiger partial charge on any atom is 0.279 e. The van der Waals surface area contributed by atoms with E-state index in [0.717, 1.165) is 17.7 Å². The van der Waals surface area contributed by atoms with Crippen molar-refractivity contribution < 1.29 is 8.42 Å². The smallest absolute Gasteiger partial charge is 0.195 e. The molecule has 0 bridgehead atoms. The van der Waals surface area contributed by atoms with E-state index in [2.05, 4.69) is 10.8 Å². The largest absolute Gasteiger partial charge is 0.279 e. The van der Waals surface area contributed by atoms with Gasteiger partial charge >= 0.3 is 0 Å². The molecule has 0 saturated heterocycles. The average Bonchev–Trinajstić information content (AvgIpc) is 2.40. The molecule has 0 radical (unpaired) electrons. The molecule has 1 unspecified atom stereocenters. The zero-order valence-corrected chi connectivity index (χ0v) is 12.9. The summed E-state index contributed by atoms with van der Waals surface area (Å²) < 4.78 is 28.9. The third kappa shape index (κ3) is 3.31. The Hall–Kier alpha value is -0.560. The molecule has 6 heteroatoms. The number of nitrogens with one attached hydrogen (secondary N) is 1. The standard InChI is InChI=1S/C13H20N2O2S2/c1-3-15(4-2)19(16,17)14-12-9-10-18-13-8-6-5-7-11(12)13/h5-8,12,14H,3-4,9-10H2,1-2H3. The van der Waals surface area contributed by atoms with Crippen LogP contribution in [0, 0.1) is 0 Å². The normalized spacial score (nSPS) is 19.4. The lowest BCUT2D eigenvalue weighted by Gasteiger charge is -2.28. The lowest BCUT2D eigenvalue weighted by molar-refractivity contribution is 0.423. The topological polar surface area (TPSA) is 49.4 Å². The van der Waals surface area contributed by atoms with E-state index in [0.29, 0.717) is 13.1 Å². The van der Waals surface area contributed by atoms with Gasteiger partial charge in [0.15, 0.2) is 0 Å². The summed E-state index contributed by atoms with van der Waals surface area (Å²) >= 11 is 1.79. The second-order valence-corrected chi connectivity index (χ2v) is 7.27. The van der Waals surface area contributed by atoms with Crippen LogP contribution in [0.4, 0.5) is 0 Å². The fourth-order valence-corrected chi connectivity index (χ4v) is 4.84. The molecule has 2 rings (SSSR count). The van der Waals surface area contributed by atoms with Crippen LogP contribution in [0.15, 0.2) is 29.2 Å². The van der Waals surface area contributed by atoms with Crippen LogP contribution < -0.4 is 4.72 Å². The summed E-state index contributed by atoms with van der Waals surface area (Å²) in [4.78, 5) is 1.18. The van der Waals surface area contributed by atoms with Gasteiger partial charge in [0.1, 0.15) is 0 Å². The molecule has 1 aliphatic heterocycles. The number of rotatable bonds is 5. The van der Waals surface area contributed by atoms with E-state index in [1.807, 2.05) is 32.0 Å². The zero-order valence-electron chi connectivity index (χ0n) is 11.3. The van der Waals surface area contributed by atoms with Crippen molar-refractivity contribution in [2.75, 3.05) is 18.8 Å². The highest BCUT2D eigenvalue weighted by Gasteiger charge is 2.27. The Labute approximate surface area is 119 Å². The van der Waals surface area contributed by atoms with Gasteiger partial charge in [-0.3, -0.25) is 0 Å². The molecule has 106 valence electrons. The summed E-state index contributed by atoms with van der Waals surface area (Å²) in [6.45, 7) is 4.70. The Kier molecular flexibility index (Phi) is 4.89. The monoisotopic (exact) mass is 300 g/mol. The van der Waals surface area contributed by atoms with E-state index in [1.54, 1.807) is 11.8 Å². The summed E-state index contributed by atoms with van der Waals surface area (Å²) in [5, 5.41) is 0. The SMILES string of the molecule is CCN(CC)S(=O)(=O)NC1CCSc2ccccc21. The number of nitrogens with zero attached hydrogens (tertiary/aromatic N) is 1. The molecule has 1 aromatic carbocycles. The predicted octanol–water partition coefficient (Wildman–Crippen LogP) is 2.40. The first-order valence-corrected chi connectivity index (χ1v) is 9.00. The highest BCUT2D eigenvalue weighted by molar-refractivity contribution is 7.99. The van der Waals surface area contributed by atoms with Crippen LogP contribution >= 0.6 is 11.8 Å². The average molecular weight is 300 g/mol. The lowest BCUT2D eigenvalue weighted by Crippen LogP contribution is -2.42. The number of hydrogen-bond acceptors (Lipinski definition) is 3. The second kappa shape index (κ2) is 6.26. The van der Waals surface area contributed by atoms with Crippen molar-refractivity contribution in [2.24, 2.45) is 0 Å². The molecule has 1 aliphatic rings. The fourth-order valence-electron chi connectivity index (χ4n) is 2.28. The first-order valence-electron chi connectivity index (χ1n) is 6.57. The fraction of sp³-hybridized carbons (Fsp3) is 0.538. The van der Waals surface area contributed by atoms with Gasteiger partial charge in [0.2, 0.25) is 0 Å². The van der Waals surface area contributed by atoms with Gasteiger partial charge in [-0.15, -0.1) is 11.8 Å². The third-order valence-corrected chi connectivity index (χ3v) is 6.20. The van der Waals surface area contributed by atoms with Gasteiger partial charge in [0, 0.05) is 24.0 Å². The van der Waals surface area contributed by atoms with Gasteiger partial charge in [-0.25, -0.2) is 0 Å². The van der Waals surface area contributed by atoms with E-state index >= 15 is 0 Å². The molecule has 0 spiro atoms. The van der Waals surface area contributed by atoms with Crippen molar-refractivity contribution in [3.8, 4) is 0 Å². The summed E-state index contributed by atoms with van der Waals surface area (Å²) in [6.07, 6.45) is 0.835. The highest BCUT2D eigenvalue weighted by Crippen LogP contribution is 2.36. The number of benzene rings is 1. The Morgan fingerprint density at radius 3 is 2.68 bits per heavy atom. The second-order valence-electron chi connectivity index (χ2n) is 4.43. The molecule has 1 N–H and O–H groups in total. The molecular formula is C13H20N2O2S2. The van der Waals surface area contributed by atoms with E-state index < -0.39 is 10.2 Å². The van der Waals surface area contributed by atoms with Gasteiger partial charge < -0.3 is 0 Å². The highest BCUT2D eigenvalue weighted by atomic mass is 32.2. The van der Waals surface area contributed by atoms with Gasteiger partial charge in [0.25, 0.3) is 10.2 Å². The van der Waals surface area contributed by atoms with Crippen molar-refractivity contribution in [1.82, 2.24) is 9.03 Å². The van der Waals surface area contributed by atoms with Crippen LogP contribution in [0.25, 0.3) is 0 Å². The van der Waals surface area contributed by atoms with Gasteiger partial charge in [0.05, 0.1) is 0 Å². The van der Waals surface area contributed by atoms with Crippen molar-refractivity contribution in [3.05, 3.63) is 29.8 Å². The quantitative estimate of drug-likeness (QED) is 0.908. The summed E-state index contributed by atoms with van der Waals surface area (Å²) in [7, 11) is -3.39. The molecule has 0 saturated carbocycles. The molecule has 1 aromatic rings. The molecule has 0 amide bonds. The molecule has 1 heterocycles. The Bertz CT molecular complexity index is 527. The minimum atomic E-state index is -3.39. The maximum atomic E-state index is 12.3. The summed E-state index contributed by atoms with van der Waals surface area (Å²) in [5.41, 5.74) is 1.09. The Morgan fingerprint density at radius 2 is 2.00 bits per heavy atom. The Morgan fingerprint density at radius 1 is 1.32 bits per heavy atom. The van der Waals surface area contributed by atoms with E-state index in [9.17, 15) is 8.42 Å². The maximum absolute atomic E-state index is 12.3. The van der Waals surface area contributed by atoms with Crippen LogP contribution in [0.3, 0.4) is 0 Å². The van der Waals surface area contributed by atoms with Crippen molar-refractivity contribution in [2.45, 2.75) is 31.2 Å². The van der Waals surface area contributed by atoms with E-state index in [4.69, 9.17) is 0 Å². The third-order valence-electron chi connectivity index (χ3n) is 3.30. The van der Waals surface area contributed by atoms with E-state index in [-0.39, 0.29) is 6.04 Å². The van der Waals surface area contributed by atoms with Crippen molar-refractivity contribution >= 4 is 22.0 Å². The van der Waals surface area contributed by atoms with Crippen LogP contribution in [0.5, 0.6) is 0 Å². The summed E-state index contributed by atoms with van der Waals surface area (Å²) in [6, 6.07) is 7.91. The van der Waals surface area contributed by atoms with Crippen LogP contribution in [-0.2, 0) is 10.2 Å².